The summed E-state index contributed by atoms with van der Waals surface area (Å²) in [6, 6.07) is 12.9. The van der Waals surface area contributed by atoms with Gasteiger partial charge >= 0.3 is 0 Å². The van der Waals surface area contributed by atoms with Crippen molar-refractivity contribution in [2.24, 2.45) is 0 Å². The fourth-order valence-electron chi connectivity index (χ4n) is 3.80. The maximum absolute atomic E-state index is 13.2. The average Bonchev–Trinajstić information content (AvgIpc) is 2.76. The van der Waals surface area contributed by atoms with E-state index in [1.54, 1.807) is 13.0 Å². The second-order valence-electron chi connectivity index (χ2n) is 7.73. The highest BCUT2D eigenvalue weighted by atomic mass is 35.5. The first-order chi connectivity index (χ1) is 14.9. The SMILES string of the molecule is CCOc1ccc(Cl)cc1S(=O)(=O)NC(Cc1ccccc1)C(=O)NC1CCCCC1. The molecule has 0 spiro atoms. The molecule has 1 amide bonds. The Labute approximate surface area is 189 Å². The van der Waals surface area contributed by atoms with E-state index in [-0.39, 0.29) is 34.0 Å². The van der Waals surface area contributed by atoms with Crippen LogP contribution in [0.5, 0.6) is 5.75 Å². The molecular formula is C23H29ClN2O4S. The molecule has 0 radical (unpaired) electrons. The number of sulfonamides is 1. The molecule has 0 aromatic heterocycles. The third kappa shape index (κ3) is 6.69. The van der Waals surface area contributed by atoms with E-state index in [1.807, 2.05) is 30.3 Å². The highest BCUT2D eigenvalue weighted by Gasteiger charge is 2.30. The van der Waals surface area contributed by atoms with Crippen LogP contribution >= 0.6 is 11.6 Å². The van der Waals surface area contributed by atoms with Crippen LogP contribution in [0.25, 0.3) is 0 Å². The standard InChI is InChI=1S/C23H29ClN2O4S/c1-2-30-21-14-13-18(24)16-22(21)31(28,29)26-20(15-17-9-5-3-6-10-17)23(27)25-19-11-7-4-8-12-19/h3,5-6,9-10,13-14,16,19-20,26H,2,4,7-8,11-12,15H2,1H3,(H,25,27). The monoisotopic (exact) mass is 464 g/mol. The molecule has 8 heteroatoms. The molecule has 2 N–H and O–H groups in total. The van der Waals surface area contributed by atoms with Crippen LogP contribution in [0.3, 0.4) is 0 Å². The van der Waals surface area contributed by atoms with E-state index < -0.39 is 16.1 Å². The van der Waals surface area contributed by atoms with Crippen molar-refractivity contribution in [2.75, 3.05) is 6.61 Å². The molecule has 1 saturated carbocycles. The Bertz CT molecular complexity index is 976. The van der Waals surface area contributed by atoms with Crippen molar-refractivity contribution >= 4 is 27.5 Å². The number of rotatable bonds is 9. The van der Waals surface area contributed by atoms with Gasteiger partial charge in [-0.05, 0) is 49.9 Å². The number of amides is 1. The third-order valence-corrected chi connectivity index (χ3v) is 7.07. The lowest BCUT2D eigenvalue weighted by Crippen LogP contribution is -2.51. The fraction of sp³-hybridized carbons (Fsp3) is 0.435. The van der Waals surface area contributed by atoms with Gasteiger partial charge < -0.3 is 10.1 Å². The molecule has 6 nitrogen and oxygen atoms in total. The molecule has 2 aromatic rings. The van der Waals surface area contributed by atoms with E-state index >= 15 is 0 Å². The Morgan fingerprint density at radius 3 is 2.52 bits per heavy atom. The highest BCUT2D eigenvalue weighted by molar-refractivity contribution is 7.89. The summed E-state index contributed by atoms with van der Waals surface area (Å²) in [5.74, 6) is -0.120. The van der Waals surface area contributed by atoms with Gasteiger partial charge in [-0.3, -0.25) is 4.79 Å². The van der Waals surface area contributed by atoms with Crippen LogP contribution in [0.2, 0.25) is 5.02 Å². The molecule has 1 atom stereocenters. The van der Waals surface area contributed by atoms with E-state index in [1.165, 1.54) is 18.6 Å². The van der Waals surface area contributed by atoms with Gasteiger partial charge in [-0.15, -0.1) is 0 Å². The molecule has 31 heavy (non-hydrogen) atoms. The van der Waals surface area contributed by atoms with Crippen LogP contribution in [0.1, 0.15) is 44.6 Å². The van der Waals surface area contributed by atoms with Gasteiger partial charge in [0, 0.05) is 11.1 Å². The minimum absolute atomic E-state index is 0.0779. The van der Waals surface area contributed by atoms with E-state index in [2.05, 4.69) is 10.0 Å². The Morgan fingerprint density at radius 2 is 1.84 bits per heavy atom. The summed E-state index contributed by atoms with van der Waals surface area (Å²) >= 11 is 6.05. The van der Waals surface area contributed by atoms with Crippen LogP contribution in [0.15, 0.2) is 53.4 Å². The second kappa shape index (κ2) is 11.0. The predicted octanol–water partition coefficient (Wildman–Crippen LogP) is 4.08. The molecule has 0 saturated heterocycles. The van der Waals surface area contributed by atoms with Crippen LogP contribution < -0.4 is 14.8 Å². The summed E-state index contributed by atoms with van der Waals surface area (Å²) < 4.78 is 34.6. The Kier molecular flexibility index (Phi) is 8.35. The van der Waals surface area contributed by atoms with Crippen LogP contribution in [-0.4, -0.2) is 33.0 Å². The number of hydrogen-bond acceptors (Lipinski definition) is 4. The highest BCUT2D eigenvalue weighted by Crippen LogP contribution is 2.28. The van der Waals surface area contributed by atoms with Gasteiger partial charge in [-0.1, -0.05) is 61.2 Å². The Morgan fingerprint density at radius 1 is 1.13 bits per heavy atom. The van der Waals surface area contributed by atoms with Gasteiger partial charge in [0.05, 0.1) is 6.61 Å². The Balaban J connectivity index is 1.86. The topological polar surface area (TPSA) is 84.5 Å². The number of carbonyl (C=O) groups excluding carboxylic acids is 1. The molecular weight excluding hydrogens is 436 g/mol. The van der Waals surface area contributed by atoms with Crippen molar-refractivity contribution in [3.05, 3.63) is 59.1 Å². The number of ether oxygens (including phenoxy) is 1. The quantitative estimate of drug-likeness (QED) is 0.585. The van der Waals surface area contributed by atoms with Crippen molar-refractivity contribution in [1.82, 2.24) is 10.0 Å². The van der Waals surface area contributed by atoms with E-state index in [9.17, 15) is 13.2 Å². The van der Waals surface area contributed by atoms with Crippen molar-refractivity contribution in [1.29, 1.82) is 0 Å². The van der Waals surface area contributed by atoms with Crippen LogP contribution in [0, 0.1) is 0 Å². The summed E-state index contributed by atoms with van der Waals surface area (Å²) in [5, 5.41) is 3.31. The third-order valence-electron chi connectivity index (χ3n) is 5.34. The predicted molar refractivity (Wildman–Crippen MR) is 122 cm³/mol. The summed E-state index contributed by atoms with van der Waals surface area (Å²) in [6.07, 6.45) is 5.38. The van der Waals surface area contributed by atoms with Crippen molar-refractivity contribution in [3.63, 3.8) is 0 Å². The maximum Gasteiger partial charge on any atom is 0.245 e. The number of carbonyl (C=O) groups is 1. The molecule has 1 unspecified atom stereocenters. The summed E-state index contributed by atoms with van der Waals surface area (Å²) in [4.78, 5) is 13.0. The minimum atomic E-state index is -4.06. The number of nitrogens with one attached hydrogen (secondary N) is 2. The van der Waals surface area contributed by atoms with E-state index in [0.29, 0.717) is 6.61 Å². The van der Waals surface area contributed by atoms with Crippen LogP contribution in [0.4, 0.5) is 0 Å². The lowest BCUT2D eigenvalue weighted by molar-refractivity contribution is -0.123. The summed E-state index contributed by atoms with van der Waals surface area (Å²) in [7, 11) is -4.06. The van der Waals surface area contributed by atoms with Gasteiger partial charge in [0.25, 0.3) is 0 Å². The summed E-state index contributed by atoms with van der Waals surface area (Å²) in [5.41, 5.74) is 0.866. The smallest absolute Gasteiger partial charge is 0.245 e. The average molecular weight is 465 g/mol. The van der Waals surface area contributed by atoms with Gasteiger partial charge in [-0.2, -0.15) is 4.72 Å². The molecule has 0 heterocycles. The number of hydrogen-bond donors (Lipinski definition) is 2. The van der Waals surface area contributed by atoms with Crippen molar-refractivity contribution in [2.45, 2.75) is 62.4 Å². The number of benzene rings is 2. The zero-order valence-corrected chi connectivity index (χ0v) is 19.2. The molecule has 0 bridgehead atoms. The molecule has 1 aliphatic carbocycles. The first kappa shape index (κ1) is 23.6. The minimum Gasteiger partial charge on any atom is -0.492 e. The summed E-state index contributed by atoms with van der Waals surface area (Å²) in [6.45, 7) is 2.08. The molecule has 168 valence electrons. The van der Waals surface area contributed by atoms with Gasteiger partial charge in [0.2, 0.25) is 15.9 Å². The molecule has 0 aliphatic heterocycles. The molecule has 3 rings (SSSR count). The molecule has 1 fully saturated rings. The van der Waals surface area contributed by atoms with Crippen LogP contribution in [-0.2, 0) is 21.2 Å². The van der Waals surface area contributed by atoms with Gasteiger partial charge in [-0.25, -0.2) is 8.42 Å². The fourth-order valence-corrected chi connectivity index (χ4v) is 5.41. The molecule has 1 aliphatic rings. The normalized spacial score (nSPS) is 15.9. The Hall–Kier alpha value is -2.09. The zero-order chi connectivity index (χ0) is 22.3. The first-order valence-corrected chi connectivity index (χ1v) is 12.5. The van der Waals surface area contributed by atoms with Crippen molar-refractivity contribution < 1.29 is 17.9 Å². The largest absolute Gasteiger partial charge is 0.492 e. The lowest BCUT2D eigenvalue weighted by atomic mass is 9.95. The maximum atomic E-state index is 13.2. The van der Waals surface area contributed by atoms with Crippen molar-refractivity contribution in [3.8, 4) is 5.75 Å². The molecule has 2 aromatic carbocycles. The van der Waals surface area contributed by atoms with E-state index in [0.717, 1.165) is 31.2 Å². The lowest BCUT2D eigenvalue weighted by Gasteiger charge is -2.26. The first-order valence-electron chi connectivity index (χ1n) is 10.7. The van der Waals surface area contributed by atoms with Gasteiger partial charge in [0.1, 0.15) is 16.7 Å². The van der Waals surface area contributed by atoms with E-state index in [4.69, 9.17) is 16.3 Å². The number of halogens is 1. The zero-order valence-electron chi connectivity index (χ0n) is 17.6. The van der Waals surface area contributed by atoms with Gasteiger partial charge in [0.15, 0.2) is 0 Å². The second-order valence-corrected chi connectivity index (χ2v) is 9.85.